The lowest BCUT2D eigenvalue weighted by atomic mass is 9.98. The molecule has 8 aromatic carbocycles. The molecule has 0 aliphatic carbocycles. The first-order chi connectivity index (χ1) is 31.9. The van der Waals surface area contributed by atoms with Crippen LogP contribution in [0.1, 0.15) is 13.7 Å². The Bertz CT molecular complexity index is 3750. The molecule has 0 radical (unpaired) electrons. The molecule has 5 heteroatoms. The van der Waals surface area contributed by atoms with E-state index in [1.165, 1.54) is 12.1 Å². The monoisotopic (exact) mass is 742 g/mol. The first-order valence-electron chi connectivity index (χ1n) is 23.0. The summed E-state index contributed by atoms with van der Waals surface area (Å²) in [7, 11) is 0. The van der Waals surface area contributed by atoms with Crippen molar-refractivity contribution in [1.29, 1.82) is 0 Å². The van der Waals surface area contributed by atoms with Crippen LogP contribution in [0.5, 0.6) is 0 Å². The molecule has 0 N–H and O–H groups in total. The van der Waals surface area contributed by atoms with Crippen LogP contribution in [0.2, 0.25) is 0 Å². The molecule has 3 aromatic heterocycles. The highest BCUT2D eigenvalue weighted by Gasteiger charge is 2.22. The summed E-state index contributed by atoms with van der Waals surface area (Å²) < 4.78 is 93.5. The molecule has 0 bridgehead atoms. The molecule has 0 aliphatic heterocycles. The third kappa shape index (κ3) is 5.32. The second-order valence-corrected chi connectivity index (χ2v) is 14.3. The molecule has 3 heterocycles. The van der Waals surface area contributed by atoms with Crippen molar-refractivity contribution in [2.24, 2.45) is 0 Å². The average Bonchev–Trinajstić information content (AvgIpc) is 3.91. The Kier molecular flexibility index (Phi) is 5.58. The number of rotatable bonds is 6. The number of para-hydroxylation sites is 1. The second kappa shape index (κ2) is 13.3. The van der Waals surface area contributed by atoms with Crippen molar-refractivity contribution in [2.75, 3.05) is 0 Å². The molecule has 0 unspecified atom stereocenters. The molecule has 0 saturated heterocycles. The van der Waals surface area contributed by atoms with E-state index in [2.05, 4.69) is 18.2 Å². The van der Waals surface area contributed by atoms with Crippen LogP contribution in [0, 0.1) is 0 Å². The largest absolute Gasteiger partial charge is 0.309 e. The van der Waals surface area contributed by atoms with Crippen molar-refractivity contribution < 1.29 is 13.7 Å². The number of benzene rings is 8. The van der Waals surface area contributed by atoms with Crippen LogP contribution in [-0.4, -0.2) is 19.5 Å². The quantitative estimate of drug-likeness (QED) is 0.170. The zero-order valence-electron chi connectivity index (χ0n) is 39.4. The van der Waals surface area contributed by atoms with Crippen LogP contribution in [0.3, 0.4) is 0 Å². The van der Waals surface area contributed by atoms with Gasteiger partial charge in [0.15, 0.2) is 17.5 Å². The smallest absolute Gasteiger partial charge is 0.164 e. The third-order valence-electron chi connectivity index (χ3n) is 9.96. The lowest BCUT2D eigenvalue weighted by Gasteiger charge is -2.17. The number of thiophene rings is 1. The highest BCUT2D eigenvalue weighted by Crippen LogP contribution is 2.45. The number of hydrogen-bond donors (Lipinski definition) is 0. The van der Waals surface area contributed by atoms with Crippen LogP contribution in [-0.2, 0) is 0 Å². The van der Waals surface area contributed by atoms with E-state index in [9.17, 15) is 5.48 Å². The summed E-state index contributed by atoms with van der Waals surface area (Å²) in [5.74, 6) is 1.33. The Hall–Kier alpha value is -7.21. The second-order valence-electron chi connectivity index (χ2n) is 13.2. The van der Waals surface area contributed by atoms with Crippen molar-refractivity contribution in [1.82, 2.24) is 19.5 Å². The first-order valence-corrected chi connectivity index (χ1v) is 18.8. The molecular formula is C51H32N4S. The molecule has 11 aromatic rings. The summed E-state index contributed by atoms with van der Waals surface area (Å²) in [6.07, 6.45) is 0. The van der Waals surface area contributed by atoms with E-state index in [-0.39, 0.29) is 63.1 Å². The molecular weight excluding hydrogens is 701 g/mol. The summed E-state index contributed by atoms with van der Waals surface area (Å²) in [6.45, 7) is 0. The Morgan fingerprint density at radius 2 is 1.11 bits per heavy atom. The topological polar surface area (TPSA) is 43.6 Å². The maximum Gasteiger partial charge on any atom is 0.164 e. The van der Waals surface area contributed by atoms with Gasteiger partial charge in [0, 0.05) is 58.8 Å². The molecule has 56 heavy (non-hydrogen) atoms. The maximum atomic E-state index is 9.54. The van der Waals surface area contributed by atoms with Gasteiger partial charge in [-0.25, -0.2) is 15.0 Å². The molecule has 0 spiro atoms. The van der Waals surface area contributed by atoms with Crippen LogP contribution >= 0.6 is 11.3 Å². The van der Waals surface area contributed by atoms with Crippen molar-refractivity contribution in [3.05, 3.63) is 194 Å². The molecule has 0 fully saturated rings. The number of hydrogen-bond acceptors (Lipinski definition) is 4. The van der Waals surface area contributed by atoms with Crippen LogP contribution in [0.15, 0.2) is 194 Å². The highest BCUT2D eigenvalue weighted by molar-refractivity contribution is 7.26. The minimum atomic E-state index is -0.607. The number of fused-ring (bicyclic) bond motifs is 6. The van der Waals surface area contributed by atoms with Gasteiger partial charge in [-0.15, -0.1) is 11.3 Å². The molecule has 0 atom stereocenters. The van der Waals surface area contributed by atoms with Crippen LogP contribution in [0.25, 0.3) is 104 Å². The van der Waals surface area contributed by atoms with Crippen LogP contribution < -0.4 is 0 Å². The van der Waals surface area contributed by atoms with Gasteiger partial charge in [0.05, 0.1) is 30.4 Å². The Balaban J connectivity index is 1.29. The van der Waals surface area contributed by atoms with E-state index in [0.717, 1.165) is 36.9 Å². The van der Waals surface area contributed by atoms with E-state index in [4.69, 9.17) is 23.2 Å². The molecule has 0 saturated carbocycles. The van der Waals surface area contributed by atoms with E-state index < -0.39 is 30.2 Å². The van der Waals surface area contributed by atoms with Gasteiger partial charge in [0.25, 0.3) is 0 Å². The molecule has 0 aliphatic rings. The van der Waals surface area contributed by atoms with Gasteiger partial charge in [-0.2, -0.15) is 0 Å². The lowest BCUT2D eigenvalue weighted by Crippen LogP contribution is -2.02. The number of aromatic nitrogens is 4. The lowest BCUT2D eigenvalue weighted by molar-refractivity contribution is 1.07. The highest BCUT2D eigenvalue weighted by atomic mass is 32.1. The van der Waals surface area contributed by atoms with E-state index in [1.54, 1.807) is 15.9 Å². The standard InChI is InChI=1S/C51H32N4S/c1-4-16-33(17-5-1)37-24-15-28-45-47(37)41-23-10-12-27-43(41)55(45)44-31-30-36(32-42(44)40-26-14-25-39-38-22-11-13-29-46(38)56-48(39)40)51-53-49(34-18-6-2-7-19-34)52-50(54-51)35-20-8-3-9-21-35/h1-32H/i1D,4D,5D,10D,16D,17D,23D,24D,27D,28D. The van der Waals surface area contributed by atoms with E-state index in [1.807, 2.05) is 103 Å². The number of nitrogens with zero attached hydrogens (tertiary/aromatic N) is 4. The van der Waals surface area contributed by atoms with Gasteiger partial charge in [-0.1, -0.05) is 158 Å². The summed E-state index contributed by atoms with van der Waals surface area (Å²) in [4.78, 5) is 15.0. The Labute approximate surface area is 341 Å². The molecule has 0 amide bonds. The van der Waals surface area contributed by atoms with Crippen molar-refractivity contribution >= 4 is 53.3 Å². The van der Waals surface area contributed by atoms with Crippen molar-refractivity contribution in [3.8, 4) is 62.1 Å². The fraction of sp³-hybridized carbons (Fsp3) is 0. The zero-order valence-corrected chi connectivity index (χ0v) is 30.2. The summed E-state index contributed by atoms with van der Waals surface area (Å²) in [5, 5.41) is 2.18. The SMILES string of the molecule is [2H]c1cc([2H])c2c(c1[2H])c1c(-c3c([2H])c([2H])c([2H])c([2H])c3[2H])c([2H])cc([2H])c1n2-c1ccc(-c2nc(-c3ccccc3)nc(-c3ccccc3)n2)cc1-c1cccc2c1sc1ccccc12. The Morgan fingerprint density at radius 3 is 1.88 bits per heavy atom. The normalized spacial score (nSPS) is 14.1. The van der Waals surface area contributed by atoms with E-state index in [0.29, 0.717) is 34.3 Å². The average molecular weight is 743 g/mol. The maximum absolute atomic E-state index is 9.54. The fourth-order valence-corrected chi connectivity index (χ4v) is 8.70. The van der Waals surface area contributed by atoms with Gasteiger partial charge in [0.1, 0.15) is 0 Å². The van der Waals surface area contributed by atoms with Gasteiger partial charge < -0.3 is 4.57 Å². The third-order valence-corrected chi connectivity index (χ3v) is 11.2. The fourth-order valence-electron chi connectivity index (χ4n) is 7.47. The molecule has 4 nitrogen and oxygen atoms in total. The van der Waals surface area contributed by atoms with Gasteiger partial charge in [0.2, 0.25) is 0 Å². The summed E-state index contributed by atoms with van der Waals surface area (Å²) in [6, 6.07) is 37.5. The van der Waals surface area contributed by atoms with Gasteiger partial charge in [-0.3, -0.25) is 0 Å². The Morgan fingerprint density at radius 1 is 0.429 bits per heavy atom. The van der Waals surface area contributed by atoms with Gasteiger partial charge in [-0.05, 0) is 47.5 Å². The van der Waals surface area contributed by atoms with Crippen molar-refractivity contribution in [3.63, 3.8) is 0 Å². The van der Waals surface area contributed by atoms with E-state index >= 15 is 0 Å². The predicted octanol–water partition coefficient (Wildman–Crippen LogP) is 13.7. The molecule has 11 rings (SSSR count). The van der Waals surface area contributed by atoms with Gasteiger partial charge >= 0.3 is 0 Å². The van der Waals surface area contributed by atoms with Crippen molar-refractivity contribution in [2.45, 2.75) is 0 Å². The predicted molar refractivity (Wildman–Crippen MR) is 234 cm³/mol. The summed E-state index contributed by atoms with van der Waals surface area (Å²) >= 11 is 1.62. The zero-order chi connectivity index (χ0) is 45.7. The first kappa shape index (κ1) is 23.5. The van der Waals surface area contributed by atoms with Crippen LogP contribution in [0.4, 0.5) is 0 Å². The summed E-state index contributed by atoms with van der Waals surface area (Å²) in [5.41, 5.74) is 4.06. The minimum absolute atomic E-state index is 0.0412. The molecule has 262 valence electrons. The minimum Gasteiger partial charge on any atom is -0.309 e.